The van der Waals surface area contributed by atoms with Gasteiger partial charge in [0.25, 0.3) is 5.91 Å². The molecule has 1 amide bonds. The lowest BCUT2D eigenvalue weighted by Gasteiger charge is -2.10. The Bertz CT molecular complexity index is 772. The number of amides is 1. The van der Waals surface area contributed by atoms with Gasteiger partial charge in [0.15, 0.2) is 5.82 Å². The second kappa shape index (κ2) is 5.89. The molecule has 0 heterocycles. The molecule has 0 fully saturated rings. The smallest absolute Gasteiger partial charge is 0.261 e. The maximum absolute atomic E-state index is 13.8. The molecule has 0 radical (unpaired) electrons. The predicted molar refractivity (Wildman–Crippen MR) is 77.6 cm³/mol. The summed E-state index contributed by atoms with van der Waals surface area (Å²) in [6.07, 6.45) is 0. The summed E-state index contributed by atoms with van der Waals surface area (Å²) >= 11 is 3.18. The van der Waals surface area contributed by atoms with E-state index in [1.54, 1.807) is 6.07 Å². The monoisotopic (exact) mass is 351 g/mol. The molecule has 3 N–H and O–H groups in total. The van der Waals surface area contributed by atoms with Crippen molar-refractivity contribution >= 4 is 33.2 Å². The number of nitrogens with one attached hydrogen (secondary N) is 1. The van der Waals surface area contributed by atoms with Crippen molar-refractivity contribution in [2.75, 3.05) is 11.1 Å². The summed E-state index contributed by atoms with van der Waals surface area (Å²) in [5, 5.41) is 11.3. The van der Waals surface area contributed by atoms with E-state index in [1.165, 1.54) is 12.1 Å². The molecule has 0 spiro atoms. The van der Waals surface area contributed by atoms with Crippen molar-refractivity contribution in [3.63, 3.8) is 0 Å². The predicted octanol–water partition coefficient (Wildman–Crippen LogP) is 3.43. The number of hydrogen-bond donors (Lipinski definition) is 2. The highest BCUT2D eigenvalue weighted by atomic mass is 79.9. The molecule has 0 aliphatic carbocycles. The van der Waals surface area contributed by atoms with Crippen LogP contribution < -0.4 is 11.1 Å². The summed E-state index contributed by atoms with van der Waals surface area (Å²) in [5.74, 6) is -3.19. The Balaban J connectivity index is 2.42. The molecule has 7 heteroatoms. The molecule has 0 saturated carbocycles. The Hall–Kier alpha value is -2.46. The first-order valence-corrected chi connectivity index (χ1v) is 6.48. The quantitative estimate of drug-likeness (QED) is 0.813. The number of nitrogen functional groups attached to an aromatic ring is 1. The van der Waals surface area contributed by atoms with E-state index >= 15 is 0 Å². The molecule has 2 rings (SSSR count). The fourth-order valence-corrected chi connectivity index (χ4v) is 2.04. The number of nitrogens with zero attached hydrogens (tertiary/aromatic N) is 1. The standard InChI is InChI=1S/C14H8BrF2N3O/c15-8-2-1-7(6-18)11(5-8)20-14(21)12-9(16)3-4-10(19)13(12)17/h1-5H,19H2,(H,20,21). The zero-order valence-electron chi connectivity index (χ0n) is 10.5. The molecular formula is C14H8BrF2N3O. The van der Waals surface area contributed by atoms with Crippen molar-refractivity contribution in [1.29, 1.82) is 5.26 Å². The van der Waals surface area contributed by atoms with Gasteiger partial charge in [0.1, 0.15) is 17.4 Å². The molecule has 2 aromatic carbocycles. The summed E-state index contributed by atoms with van der Waals surface area (Å²) < 4.78 is 28.0. The third kappa shape index (κ3) is 3.01. The first-order valence-electron chi connectivity index (χ1n) is 5.68. The van der Waals surface area contributed by atoms with Crippen molar-refractivity contribution in [3.05, 3.63) is 57.6 Å². The molecule has 0 saturated heterocycles. The highest BCUT2D eigenvalue weighted by molar-refractivity contribution is 9.10. The van der Waals surface area contributed by atoms with Gasteiger partial charge in [-0.05, 0) is 30.3 Å². The van der Waals surface area contributed by atoms with Gasteiger partial charge in [-0.25, -0.2) is 8.78 Å². The largest absolute Gasteiger partial charge is 0.396 e. The summed E-state index contributed by atoms with van der Waals surface area (Å²) in [6, 6.07) is 8.33. The number of carbonyl (C=O) groups is 1. The molecule has 0 unspecified atom stereocenters. The Morgan fingerprint density at radius 3 is 2.67 bits per heavy atom. The van der Waals surface area contributed by atoms with Crippen LogP contribution in [0, 0.1) is 23.0 Å². The van der Waals surface area contributed by atoms with E-state index in [-0.39, 0.29) is 16.9 Å². The molecule has 0 aromatic heterocycles. The van der Waals surface area contributed by atoms with Crippen LogP contribution in [0.2, 0.25) is 0 Å². The minimum Gasteiger partial charge on any atom is -0.396 e. The lowest BCUT2D eigenvalue weighted by molar-refractivity contribution is 0.101. The SMILES string of the molecule is N#Cc1ccc(Br)cc1NC(=O)c1c(F)ccc(N)c1F. The van der Waals surface area contributed by atoms with Gasteiger partial charge >= 0.3 is 0 Å². The van der Waals surface area contributed by atoms with Crippen molar-refractivity contribution < 1.29 is 13.6 Å². The minimum atomic E-state index is -1.14. The fraction of sp³-hybridized carbons (Fsp3) is 0. The van der Waals surface area contributed by atoms with Gasteiger partial charge in [0, 0.05) is 4.47 Å². The lowest BCUT2D eigenvalue weighted by atomic mass is 10.1. The van der Waals surface area contributed by atoms with Gasteiger partial charge in [0.05, 0.1) is 16.9 Å². The molecule has 0 atom stereocenters. The number of nitriles is 1. The first-order chi connectivity index (χ1) is 9.93. The fourth-order valence-electron chi connectivity index (χ4n) is 1.68. The lowest BCUT2D eigenvalue weighted by Crippen LogP contribution is -2.17. The molecule has 4 nitrogen and oxygen atoms in total. The zero-order valence-corrected chi connectivity index (χ0v) is 12.0. The molecule has 0 aliphatic rings. The van der Waals surface area contributed by atoms with Crippen molar-refractivity contribution in [3.8, 4) is 6.07 Å². The summed E-state index contributed by atoms with van der Waals surface area (Å²) in [7, 11) is 0. The van der Waals surface area contributed by atoms with Crippen molar-refractivity contribution in [1.82, 2.24) is 0 Å². The second-order valence-corrected chi connectivity index (χ2v) is 5.00. The first kappa shape index (κ1) is 14.9. The highest BCUT2D eigenvalue weighted by Gasteiger charge is 2.20. The molecular weight excluding hydrogens is 344 g/mol. The van der Waals surface area contributed by atoms with Crippen LogP contribution in [0.5, 0.6) is 0 Å². The average Bonchev–Trinajstić information content (AvgIpc) is 2.43. The molecule has 0 bridgehead atoms. The molecule has 2 aromatic rings. The number of benzene rings is 2. The Labute approximate surface area is 127 Å². The average molecular weight is 352 g/mol. The van der Waals surface area contributed by atoms with E-state index in [0.717, 1.165) is 12.1 Å². The maximum Gasteiger partial charge on any atom is 0.261 e. The summed E-state index contributed by atoms with van der Waals surface area (Å²) in [4.78, 5) is 12.0. The Kier molecular flexibility index (Phi) is 4.19. The van der Waals surface area contributed by atoms with Gasteiger partial charge in [-0.1, -0.05) is 15.9 Å². The van der Waals surface area contributed by atoms with Crippen LogP contribution in [0.15, 0.2) is 34.8 Å². The van der Waals surface area contributed by atoms with Crippen molar-refractivity contribution in [2.24, 2.45) is 0 Å². The number of carbonyl (C=O) groups excluding carboxylic acids is 1. The van der Waals surface area contributed by atoms with Gasteiger partial charge in [0.2, 0.25) is 0 Å². The van der Waals surface area contributed by atoms with Crippen LogP contribution in [0.1, 0.15) is 15.9 Å². The Morgan fingerprint density at radius 1 is 1.29 bits per heavy atom. The Morgan fingerprint density at radius 2 is 2.00 bits per heavy atom. The van der Waals surface area contributed by atoms with Crippen LogP contribution in [0.3, 0.4) is 0 Å². The van der Waals surface area contributed by atoms with E-state index in [9.17, 15) is 13.6 Å². The second-order valence-electron chi connectivity index (χ2n) is 4.08. The van der Waals surface area contributed by atoms with Gasteiger partial charge in [-0.15, -0.1) is 0 Å². The van der Waals surface area contributed by atoms with E-state index in [1.807, 2.05) is 6.07 Å². The van der Waals surface area contributed by atoms with Crippen LogP contribution in [0.25, 0.3) is 0 Å². The summed E-state index contributed by atoms with van der Waals surface area (Å²) in [5.41, 5.74) is 4.49. The summed E-state index contributed by atoms with van der Waals surface area (Å²) in [6.45, 7) is 0. The number of hydrogen-bond acceptors (Lipinski definition) is 3. The third-order valence-corrected chi connectivity index (χ3v) is 3.19. The highest BCUT2D eigenvalue weighted by Crippen LogP contribution is 2.24. The van der Waals surface area contributed by atoms with Crippen LogP contribution >= 0.6 is 15.9 Å². The molecule has 106 valence electrons. The number of rotatable bonds is 2. The third-order valence-electron chi connectivity index (χ3n) is 2.70. The van der Waals surface area contributed by atoms with Crippen LogP contribution in [0.4, 0.5) is 20.2 Å². The van der Waals surface area contributed by atoms with E-state index < -0.39 is 23.1 Å². The van der Waals surface area contributed by atoms with Crippen LogP contribution in [-0.2, 0) is 0 Å². The number of anilines is 2. The molecule has 0 aliphatic heterocycles. The zero-order chi connectivity index (χ0) is 15.6. The maximum atomic E-state index is 13.8. The topological polar surface area (TPSA) is 78.9 Å². The van der Waals surface area contributed by atoms with Crippen LogP contribution in [-0.4, -0.2) is 5.91 Å². The number of nitrogens with two attached hydrogens (primary N) is 1. The van der Waals surface area contributed by atoms with Gasteiger partial charge < -0.3 is 11.1 Å². The number of halogens is 3. The van der Waals surface area contributed by atoms with E-state index in [2.05, 4.69) is 21.2 Å². The van der Waals surface area contributed by atoms with E-state index in [4.69, 9.17) is 11.0 Å². The molecule has 21 heavy (non-hydrogen) atoms. The van der Waals surface area contributed by atoms with Gasteiger partial charge in [-0.3, -0.25) is 4.79 Å². The minimum absolute atomic E-state index is 0.137. The van der Waals surface area contributed by atoms with Gasteiger partial charge in [-0.2, -0.15) is 5.26 Å². The van der Waals surface area contributed by atoms with E-state index in [0.29, 0.717) is 4.47 Å². The van der Waals surface area contributed by atoms with Crippen molar-refractivity contribution in [2.45, 2.75) is 0 Å². The normalized spacial score (nSPS) is 10.0.